The summed E-state index contributed by atoms with van der Waals surface area (Å²) in [7, 11) is 0. The Hall–Kier alpha value is 0.0500. The first-order valence-electron chi connectivity index (χ1n) is 6.76. The van der Waals surface area contributed by atoms with Crippen LogP contribution in [0.1, 0.15) is 12.8 Å². The van der Waals surface area contributed by atoms with E-state index in [0.29, 0.717) is 25.6 Å². The summed E-state index contributed by atoms with van der Waals surface area (Å²) in [6.07, 6.45) is 2.24. The van der Waals surface area contributed by atoms with Gasteiger partial charge in [-0.25, -0.2) is 0 Å². The molecule has 0 unspecified atom stereocenters. The quantitative estimate of drug-likeness (QED) is 0.692. The molecule has 3 rings (SSSR count). The zero-order valence-electron chi connectivity index (χ0n) is 11.2. The Morgan fingerprint density at radius 3 is 2.38 bits per heavy atom. The molecule has 21 heavy (non-hydrogen) atoms. The van der Waals surface area contributed by atoms with Crippen molar-refractivity contribution in [2.24, 2.45) is 5.92 Å². The number of halogens is 3. The minimum Gasteiger partial charge on any atom is -0.387 e. The van der Waals surface area contributed by atoms with E-state index < -0.39 is 5.60 Å². The maximum Gasteiger partial charge on any atom is 0.238 e. The van der Waals surface area contributed by atoms with E-state index in [1.165, 1.54) is 0 Å². The van der Waals surface area contributed by atoms with Gasteiger partial charge in [0.15, 0.2) is 0 Å². The van der Waals surface area contributed by atoms with Crippen molar-refractivity contribution in [1.29, 1.82) is 0 Å². The van der Waals surface area contributed by atoms with Gasteiger partial charge in [0.2, 0.25) is 5.91 Å². The number of anilines is 1. The van der Waals surface area contributed by atoms with Crippen molar-refractivity contribution in [3.05, 3.63) is 25.6 Å². The molecule has 2 aliphatic rings. The summed E-state index contributed by atoms with van der Waals surface area (Å²) in [4.78, 5) is 14.1. The molecule has 2 fully saturated rings. The fourth-order valence-electron chi connectivity index (χ4n) is 2.76. The van der Waals surface area contributed by atoms with Gasteiger partial charge in [-0.1, -0.05) is 15.9 Å². The summed E-state index contributed by atoms with van der Waals surface area (Å²) >= 11 is 10.3. The van der Waals surface area contributed by atoms with Gasteiger partial charge in [-0.3, -0.25) is 9.69 Å². The molecule has 1 saturated carbocycles. The minimum atomic E-state index is -0.543. The predicted molar refractivity (Wildman–Crippen MR) is 92.3 cm³/mol. The van der Waals surface area contributed by atoms with Gasteiger partial charge in [-0.15, -0.1) is 0 Å². The Morgan fingerprint density at radius 1 is 1.29 bits per heavy atom. The Balaban J connectivity index is 1.56. The van der Waals surface area contributed by atoms with Crippen molar-refractivity contribution in [3.63, 3.8) is 0 Å². The van der Waals surface area contributed by atoms with Gasteiger partial charge in [-0.05, 0) is 62.8 Å². The van der Waals surface area contributed by atoms with Crippen molar-refractivity contribution in [2.45, 2.75) is 18.4 Å². The monoisotopic (exact) mass is 480 g/mol. The molecule has 0 atom stereocenters. The maximum absolute atomic E-state index is 12.1. The molecule has 4 nitrogen and oxygen atoms in total. The number of hydrogen-bond donors (Lipinski definition) is 2. The second kappa shape index (κ2) is 5.92. The molecule has 1 saturated heterocycles. The number of nitrogens with zero attached hydrogens (tertiary/aromatic N) is 1. The predicted octanol–water partition coefficient (Wildman–Crippen LogP) is 3.37. The van der Waals surface area contributed by atoms with Crippen LogP contribution in [0.2, 0.25) is 0 Å². The molecule has 1 aromatic carbocycles. The number of rotatable bonds is 4. The SMILES string of the molecule is O=C(CN1CC(O)(C2CC2)C1)Nc1c(Br)cc(Br)cc1Br. The lowest BCUT2D eigenvalue weighted by atomic mass is 9.89. The van der Waals surface area contributed by atoms with E-state index >= 15 is 0 Å². The number of carbonyl (C=O) groups excluding carboxylic acids is 1. The highest BCUT2D eigenvalue weighted by molar-refractivity contribution is 9.11. The van der Waals surface area contributed by atoms with E-state index in [1.807, 2.05) is 17.0 Å². The normalized spacial score (nSPS) is 21.0. The van der Waals surface area contributed by atoms with Crippen LogP contribution in [0.25, 0.3) is 0 Å². The molecule has 0 aromatic heterocycles. The van der Waals surface area contributed by atoms with E-state index in [9.17, 15) is 9.90 Å². The van der Waals surface area contributed by atoms with Gasteiger partial charge < -0.3 is 10.4 Å². The van der Waals surface area contributed by atoms with Crippen LogP contribution in [0.4, 0.5) is 5.69 Å². The molecule has 1 heterocycles. The Morgan fingerprint density at radius 2 is 1.86 bits per heavy atom. The fourth-order valence-corrected chi connectivity index (χ4v) is 5.22. The molecule has 0 bridgehead atoms. The molecular weight excluding hydrogens is 468 g/mol. The zero-order valence-corrected chi connectivity index (χ0v) is 16.0. The first-order chi connectivity index (χ1) is 9.87. The summed E-state index contributed by atoms with van der Waals surface area (Å²) in [5.41, 5.74) is 0.181. The average molecular weight is 483 g/mol. The van der Waals surface area contributed by atoms with Crippen molar-refractivity contribution >= 4 is 59.4 Å². The number of aliphatic hydroxyl groups is 1. The maximum atomic E-state index is 12.1. The number of likely N-dealkylation sites (tertiary alicyclic amines) is 1. The summed E-state index contributed by atoms with van der Waals surface area (Å²) in [6, 6.07) is 3.77. The van der Waals surface area contributed by atoms with Crippen molar-refractivity contribution in [3.8, 4) is 0 Å². The third-order valence-corrected chi connectivity index (χ3v) is 5.68. The second-order valence-electron chi connectivity index (χ2n) is 5.82. The summed E-state index contributed by atoms with van der Waals surface area (Å²) in [6.45, 7) is 1.52. The topological polar surface area (TPSA) is 52.6 Å². The van der Waals surface area contributed by atoms with Gasteiger partial charge in [0, 0.05) is 26.5 Å². The van der Waals surface area contributed by atoms with Crippen LogP contribution in [0, 0.1) is 5.92 Å². The van der Waals surface area contributed by atoms with E-state index in [0.717, 1.165) is 31.9 Å². The number of β-amino-alcohol motifs (C(OH)–C–C–N with tert-alkyl or cyclic N) is 1. The van der Waals surface area contributed by atoms with Gasteiger partial charge in [0.25, 0.3) is 0 Å². The molecule has 1 amide bonds. The highest BCUT2D eigenvalue weighted by Crippen LogP contribution is 2.44. The largest absolute Gasteiger partial charge is 0.387 e. The molecule has 0 radical (unpaired) electrons. The number of nitrogens with one attached hydrogen (secondary N) is 1. The third-order valence-electron chi connectivity index (χ3n) is 3.97. The first kappa shape index (κ1) is 15.9. The molecule has 0 spiro atoms. The average Bonchev–Trinajstić information content (AvgIpc) is 3.15. The van der Waals surface area contributed by atoms with Crippen LogP contribution >= 0.6 is 47.8 Å². The highest BCUT2D eigenvalue weighted by Gasteiger charge is 2.51. The molecule has 114 valence electrons. The highest BCUT2D eigenvalue weighted by atomic mass is 79.9. The zero-order chi connectivity index (χ0) is 15.2. The van der Waals surface area contributed by atoms with Crippen LogP contribution in [0.15, 0.2) is 25.6 Å². The molecule has 7 heteroatoms. The van der Waals surface area contributed by atoms with Gasteiger partial charge in [0.1, 0.15) is 0 Å². The standard InChI is InChI=1S/C14H15Br3N2O2/c15-9-3-10(16)13(11(17)4-9)18-12(20)5-19-6-14(21,7-19)8-1-2-8/h3-4,8,21H,1-2,5-7H2,(H,18,20). The number of carbonyl (C=O) groups is 1. The lowest BCUT2D eigenvalue weighted by molar-refractivity contribution is -0.132. The Labute approximate surface area is 148 Å². The van der Waals surface area contributed by atoms with E-state index in [2.05, 4.69) is 53.1 Å². The lowest BCUT2D eigenvalue weighted by Crippen LogP contribution is -2.64. The van der Waals surface area contributed by atoms with E-state index in [1.54, 1.807) is 0 Å². The van der Waals surface area contributed by atoms with Crippen LogP contribution in [0.3, 0.4) is 0 Å². The minimum absolute atomic E-state index is 0.0726. The Kier molecular flexibility index (Phi) is 4.49. The van der Waals surface area contributed by atoms with Gasteiger partial charge in [0.05, 0.1) is 17.8 Å². The summed E-state index contributed by atoms with van der Waals surface area (Å²) in [5.74, 6) is 0.378. The van der Waals surface area contributed by atoms with Crippen LogP contribution < -0.4 is 5.32 Å². The second-order valence-corrected chi connectivity index (χ2v) is 8.44. The van der Waals surface area contributed by atoms with Crippen LogP contribution in [-0.2, 0) is 4.79 Å². The van der Waals surface area contributed by atoms with Crippen molar-refractivity contribution in [1.82, 2.24) is 4.90 Å². The van der Waals surface area contributed by atoms with Crippen molar-refractivity contribution in [2.75, 3.05) is 25.0 Å². The number of amides is 1. The summed E-state index contributed by atoms with van der Waals surface area (Å²) in [5, 5.41) is 13.1. The number of hydrogen-bond acceptors (Lipinski definition) is 3. The van der Waals surface area contributed by atoms with Gasteiger partial charge in [-0.2, -0.15) is 0 Å². The van der Waals surface area contributed by atoms with Crippen molar-refractivity contribution < 1.29 is 9.90 Å². The van der Waals surface area contributed by atoms with E-state index in [4.69, 9.17) is 0 Å². The first-order valence-corrected chi connectivity index (χ1v) is 9.14. The number of benzene rings is 1. The molecular formula is C14H15Br3N2O2. The van der Waals surface area contributed by atoms with Gasteiger partial charge >= 0.3 is 0 Å². The van der Waals surface area contributed by atoms with E-state index in [-0.39, 0.29) is 5.91 Å². The molecule has 1 aliphatic heterocycles. The molecule has 1 aliphatic carbocycles. The molecule has 1 aromatic rings. The third kappa shape index (κ3) is 3.52. The lowest BCUT2D eigenvalue weighted by Gasteiger charge is -2.46. The Bertz CT molecular complexity index is 561. The summed E-state index contributed by atoms with van der Waals surface area (Å²) < 4.78 is 2.56. The van der Waals surface area contributed by atoms with Crippen LogP contribution in [0.5, 0.6) is 0 Å². The van der Waals surface area contributed by atoms with Crippen LogP contribution in [-0.4, -0.2) is 41.1 Å². The smallest absolute Gasteiger partial charge is 0.238 e. The molecule has 2 N–H and O–H groups in total. The fraction of sp³-hybridized carbons (Fsp3) is 0.500.